The van der Waals surface area contributed by atoms with Crippen molar-refractivity contribution >= 4 is 11.9 Å². The number of esters is 1. The van der Waals surface area contributed by atoms with Crippen LogP contribution >= 0.6 is 0 Å². The maximum atomic E-state index is 13.1. The van der Waals surface area contributed by atoms with Crippen LogP contribution in [-0.2, 0) is 14.3 Å². The molecular weight excluding hydrogens is 671 g/mol. The van der Waals surface area contributed by atoms with Crippen molar-refractivity contribution in [2.75, 3.05) is 6.61 Å². The summed E-state index contributed by atoms with van der Waals surface area (Å²) in [4.78, 5) is 25.9. The average molecular weight is 756 g/mol. The molecule has 0 saturated carbocycles. The molecule has 0 heterocycles. The summed E-state index contributed by atoms with van der Waals surface area (Å²) in [5.41, 5.74) is 0. The molecule has 0 aromatic rings. The fourth-order valence-electron chi connectivity index (χ4n) is 6.57. The van der Waals surface area contributed by atoms with Gasteiger partial charge in [-0.1, -0.05) is 216 Å². The van der Waals surface area contributed by atoms with E-state index < -0.39 is 18.2 Å². The zero-order valence-electron chi connectivity index (χ0n) is 35.3. The fraction of sp³-hybridized carbons (Fsp3) is 0.750. The molecule has 312 valence electrons. The standard InChI is InChI=1S/C48H85NO5/c1-4-7-10-13-16-19-21-23-25-28-30-33-36-39-44(54-48(53)41-38-35-32-29-26-24-22-20-17-14-11-8-5-2)42-47(52)49-45(43-50)46(51)40-37-34-31-27-18-15-12-9-6-3/h7,10,13,16,19,21,23,25,28,30,44-46,50-51H,4-6,8-9,11-12,14-15,17-18,20,22,24,26-27,29,31-43H2,1-3H3,(H,49,52)/b10-7+,16-13+,21-19-,25-23-,30-28+. The minimum Gasteiger partial charge on any atom is -0.462 e. The Labute approximate surface area is 333 Å². The van der Waals surface area contributed by atoms with E-state index in [1.165, 1.54) is 103 Å². The summed E-state index contributed by atoms with van der Waals surface area (Å²) in [5, 5.41) is 23.5. The topological polar surface area (TPSA) is 95.9 Å². The number of aliphatic hydroxyl groups excluding tert-OH is 2. The van der Waals surface area contributed by atoms with E-state index in [4.69, 9.17) is 4.74 Å². The van der Waals surface area contributed by atoms with Gasteiger partial charge in [0.05, 0.1) is 25.2 Å². The summed E-state index contributed by atoms with van der Waals surface area (Å²) >= 11 is 0. The molecule has 1 amide bonds. The van der Waals surface area contributed by atoms with Crippen molar-refractivity contribution in [2.24, 2.45) is 0 Å². The Kier molecular flexibility index (Phi) is 39.8. The highest BCUT2D eigenvalue weighted by Gasteiger charge is 2.24. The summed E-state index contributed by atoms with van der Waals surface area (Å²) < 4.78 is 5.86. The van der Waals surface area contributed by atoms with Crippen molar-refractivity contribution < 1.29 is 24.5 Å². The lowest BCUT2D eigenvalue weighted by molar-refractivity contribution is -0.151. The maximum Gasteiger partial charge on any atom is 0.306 e. The lowest BCUT2D eigenvalue weighted by Crippen LogP contribution is -2.46. The van der Waals surface area contributed by atoms with E-state index in [1.54, 1.807) is 0 Å². The molecule has 0 aliphatic heterocycles. The maximum absolute atomic E-state index is 13.1. The van der Waals surface area contributed by atoms with Gasteiger partial charge < -0.3 is 20.3 Å². The van der Waals surface area contributed by atoms with E-state index in [1.807, 2.05) is 48.6 Å². The Balaban J connectivity index is 4.73. The van der Waals surface area contributed by atoms with Gasteiger partial charge >= 0.3 is 5.97 Å². The largest absolute Gasteiger partial charge is 0.462 e. The summed E-state index contributed by atoms with van der Waals surface area (Å²) in [6.45, 7) is 6.28. The number of hydrogen-bond acceptors (Lipinski definition) is 5. The van der Waals surface area contributed by atoms with E-state index in [2.05, 4.69) is 38.2 Å². The third-order valence-corrected chi connectivity index (χ3v) is 9.99. The van der Waals surface area contributed by atoms with Crippen molar-refractivity contribution in [2.45, 2.75) is 225 Å². The SMILES string of the molecule is CC/C=C/C=C/C=C\C=C/C=C/CCCC(CC(=O)NC(CO)C(O)CCCCCCCCCCC)OC(=O)CCCCCCCCCCCCCCC. The molecule has 0 aromatic heterocycles. The van der Waals surface area contributed by atoms with Gasteiger partial charge in [-0.3, -0.25) is 9.59 Å². The lowest BCUT2D eigenvalue weighted by Gasteiger charge is -2.24. The van der Waals surface area contributed by atoms with Crippen LogP contribution in [0.5, 0.6) is 0 Å². The van der Waals surface area contributed by atoms with Crippen LogP contribution in [0.4, 0.5) is 0 Å². The zero-order valence-corrected chi connectivity index (χ0v) is 35.3. The number of aliphatic hydroxyl groups is 2. The first-order chi connectivity index (χ1) is 26.5. The van der Waals surface area contributed by atoms with Gasteiger partial charge in [0, 0.05) is 6.42 Å². The summed E-state index contributed by atoms with van der Waals surface area (Å²) in [6, 6.07) is -0.722. The summed E-state index contributed by atoms with van der Waals surface area (Å²) in [5.74, 6) is -0.548. The molecule has 0 fully saturated rings. The second-order valence-corrected chi connectivity index (χ2v) is 15.2. The van der Waals surface area contributed by atoms with Crippen molar-refractivity contribution in [3.63, 3.8) is 0 Å². The first-order valence-corrected chi connectivity index (χ1v) is 22.6. The number of unbranched alkanes of at least 4 members (excludes halogenated alkanes) is 21. The molecule has 0 spiro atoms. The van der Waals surface area contributed by atoms with E-state index in [0.29, 0.717) is 19.3 Å². The minimum atomic E-state index is -0.804. The Morgan fingerprint density at radius 1 is 0.556 bits per heavy atom. The van der Waals surface area contributed by atoms with Crippen molar-refractivity contribution in [3.8, 4) is 0 Å². The second kappa shape index (κ2) is 41.7. The van der Waals surface area contributed by atoms with Gasteiger partial charge in [-0.05, 0) is 38.5 Å². The van der Waals surface area contributed by atoms with Gasteiger partial charge in [0.25, 0.3) is 0 Å². The third-order valence-electron chi connectivity index (χ3n) is 9.99. The van der Waals surface area contributed by atoms with Gasteiger partial charge in [0.1, 0.15) is 6.10 Å². The van der Waals surface area contributed by atoms with Crippen molar-refractivity contribution in [1.82, 2.24) is 5.32 Å². The monoisotopic (exact) mass is 756 g/mol. The number of carbonyl (C=O) groups excluding carboxylic acids is 2. The van der Waals surface area contributed by atoms with Gasteiger partial charge in [-0.15, -0.1) is 0 Å². The van der Waals surface area contributed by atoms with Gasteiger partial charge in [0.2, 0.25) is 5.91 Å². The predicted molar refractivity (Wildman–Crippen MR) is 232 cm³/mol. The van der Waals surface area contributed by atoms with Crippen LogP contribution in [0.15, 0.2) is 60.8 Å². The number of nitrogens with one attached hydrogen (secondary N) is 1. The second-order valence-electron chi connectivity index (χ2n) is 15.2. The number of carbonyl (C=O) groups is 2. The highest BCUT2D eigenvalue weighted by atomic mass is 16.5. The molecule has 0 bridgehead atoms. The highest BCUT2D eigenvalue weighted by Crippen LogP contribution is 2.17. The van der Waals surface area contributed by atoms with Crippen LogP contribution in [0, 0.1) is 0 Å². The molecule has 3 unspecified atom stereocenters. The predicted octanol–water partition coefficient (Wildman–Crippen LogP) is 12.9. The smallest absolute Gasteiger partial charge is 0.306 e. The molecule has 6 heteroatoms. The van der Waals surface area contributed by atoms with Crippen LogP contribution in [0.3, 0.4) is 0 Å². The highest BCUT2D eigenvalue weighted by molar-refractivity contribution is 5.77. The Morgan fingerprint density at radius 2 is 1.00 bits per heavy atom. The summed E-state index contributed by atoms with van der Waals surface area (Å²) in [6.07, 6.45) is 50.0. The molecule has 54 heavy (non-hydrogen) atoms. The van der Waals surface area contributed by atoms with Crippen LogP contribution in [0.1, 0.15) is 207 Å². The number of ether oxygens (including phenoxy) is 1. The van der Waals surface area contributed by atoms with E-state index in [9.17, 15) is 19.8 Å². The van der Waals surface area contributed by atoms with Crippen molar-refractivity contribution in [3.05, 3.63) is 60.8 Å². The third kappa shape index (κ3) is 36.5. The molecule has 0 aliphatic carbocycles. The average Bonchev–Trinajstić information content (AvgIpc) is 3.16. The van der Waals surface area contributed by atoms with E-state index >= 15 is 0 Å². The Hall–Kier alpha value is -2.44. The minimum absolute atomic E-state index is 0.0287. The quantitative estimate of drug-likeness (QED) is 0.0330. The van der Waals surface area contributed by atoms with Crippen LogP contribution in [0.2, 0.25) is 0 Å². The van der Waals surface area contributed by atoms with Gasteiger partial charge in [-0.2, -0.15) is 0 Å². The molecule has 0 radical (unpaired) electrons. The molecule has 0 aromatic carbocycles. The molecule has 0 aliphatic rings. The molecule has 3 N–H and O–H groups in total. The van der Waals surface area contributed by atoms with Crippen LogP contribution in [-0.4, -0.2) is 46.9 Å². The van der Waals surface area contributed by atoms with Crippen LogP contribution < -0.4 is 5.32 Å². The van der Waals surface area contributed by atoms with Crippen molar-refractivity contribution in [1.29, 1.82) is 0 Å². The molecule has 0 rings (SSSR count). The Morgan fingerprint density at radius 3 is 1.48 bits per heavy atom. The first kappa shape index (κ1) is 51.6. The van der Waals surface area contributed by atoms with E-state index in [-0.39, 0.29) is 24.9 Å². The number of rotatable bonds is 39. The normalized spacial score (nSPS) is 13.9. The Bertz CT molecular complexity index is 984. The van der Waals surface area contributed by atoms with Gasteiger partial charge in [0.15, 0.2) is 0 Å². The number of allylic oxidation sites excluding steroid dienone is 10. The number of amides is 1. The van der Waals surface area contributed by atoms with Gasteiger partial charge in [-0.25, -0.2) is 0 Å². The summed E-state index contributed by atoms with van der Waals surface area (Å²) in [7, 11) is 0. The molecule has 6 nitrogen and oxygen atoms in total. The zero-order chi connectivity index (χ0) is 39.6. The number of hydrogen-bond donors (Lipinski definition) is 3. The molecule has 3 atom stereocenters. The molecular formula is C48H85NO5. The fourth-order valence-corrected chi connectivity index (χ4v) is 6.57. The molecule has 0 saturated heterocycles. The lowest BCUT2D eigenvalue weighted by atomic mass is 10.0. The first-order valence-electron chi connectivity index (χ1n) is 22.6. The van der Waals surface area contributed by atoms with E-state index in [0.717, 1.165) is 57.8 Å². The van der Waals surface area contributed by atoms with Crippen LogP contribution in [0.25, 0.3) is 0 Å².